The van der Waals surface area contributed by atoms with Crippen LogP contribution < -0.4 is 8.86 Å². The van der Waals surface area contributed by atoms with Crippen LogP contribution in [0.25, 0.3) is 0 Å². The number of alkyl halides is 6. The molecule has 0 fully saturated rings. The topological polar surface area (TPSA) is 130 Å². The maximum atomic E-state index is 11.5. The third kappa shape index (κ3) is 5.56. The minimum absolute atomic E-state index is 0.493. The van der Waals surface area contributed by atoms with Crippen LogP contribution in [0.2, 0.25) is 0 Å². The zero-order valence-corrected chi connectivity index (χ0v) is 11.4. The van der Waals surface area contributed by atoms with Crippen molar-refractivity contribution >= 4 is 20.0 Å². The van der Waals surface area contributed by atoms with Crippen molar-refractivity contribution in [1.29, 1.82) is 0 Å². The first kappa shape index (κ1) is 20.2. The molecule has 1 aromatic heterocycles. The maximum absolute atomic E-state index is 11.5. The lowest BCUT2D eigenvalue weighted by molar-refractivity contribution is -0.905. The van der Waals surface area contributed by atoms with Gasteiger partial charge in [-0.05, 0) is 0 Å². The van der Waals surface area contributed by atoms with E-state index in [-0.39, 0.29) is 0 Å². The summed E-state index contributed by atoms with van der Waals surface area (Å²) in [6.45, 7) is 0. The lowest BCUT2D eigenvalue weighted by Crippen LogP contribution is -2.45. The molecule has 1 rings (SSSR count). The van der Waals surface area contributed by atoms with Gasteiger partial charge in [0.2, 0.25) is 0 Å². The number of aromatic nitrogens is 2. The minimum atomic E-state index is -6.60. The smallest absolute Gasteiger partial charge is 0.350 e. The van der Waals surface area contributed by atoms with E-state index in [0.717, 1.165) is 15.8 Å². The summed E-state index contributed by atoms with van der Waals surface area (Å²) in [5, 5.41) is 16.8. The zero-order valence-electron chi connectivity index (χ0n) is 9.74. The molecule has 0 aromatic carbocycles. The number of rotatable bonds is 2. The normalized spacial score (nSPS) is 13.4. The first-order chi connectivity index (χ1) is 9.49. The van der Waals surface area contributed by atoms with E-state index >= 15 is 0 Å². The molecular weight excluding hydrogens is 376 g/mol. The third-order valence-electron chi connectivity index (χ3n) is 1.44. The molecule has 0 spiro atoms. The molecule has 0 atom stereocenters. The Balaban J connectivity index is 0.000000518. The Hall–Kier alpha value is -1.75. The van der Waals surface area contributed by atoms with Crippen molar-refractivity contribution in [2.75, 3.05) is 0 Å². The summed E-state index contributed by atoms with van der Waals surface area (Å²) in [5.41, 5.74) is -12.3. The van der Waals surface area contributed by atoms with Gasteiger partial charge < -0.3 is 10.4 Å². The molecule has 0 saturated heterocycles. The lowest BCUT2D eigenvalue weighted by atomic mass is 11.0. The van der Waals surface area contributed by atoms with Gasteiger partial charge in [0.1, 0.15) is 0 Å². The van der Waals surface area contributed by atoms with Gasteiger partial charge in [-0.1, -0.05) is 13.6 Å². The zero-order chi connectivity index (χ0) is 18.0. The second kappa shape index (κ2) is 6.16. The average molecular weight is 382 g/mol. The summed E-state index contributed by atoms with van der Waals surface area (Å²) in [7, 11) is -13.2. The van der Waals surface area contributed by atoms with Crippen LogP contribution >= 0.6 is 0 Å². The van der Waals surface area contributed by atoms with E-state index in [1.165, 1.54) is 12.4 Å². The monoisotopic (exact) mass is 382 g/mol. The molecule has 0 bridgehead atoms. The van der Waals surface area contributed by atoms with Gasteiger partial charge in [0, 0.05) is 0 Å². The van der Waals surface area contributed by atoms with Crippen LogP contribution in [0.4, 0.5) is 26.3 Å². The summed E-state index contributed by atoms with van der Waals surface area (Å²) in [6.07, 6.45) is 3.72. The van der Waals surface area contributed by atoms with Gasteiger partial charge in [0.25, 0.3) is 0 Å². The predicted octanol–water partition coefficient (Wildman–Crippen LogP) is -0.475. The van der Waals surface area contributed by atoms with Gasteiger partial charge in [-0.2, -0.15) is 26.3 Å². The Bertz CT molecular complexity index is 645. The third-order valence-corrected chi connectivity index (χ3v) is 4.41. The predicted molar refractivity (Wildman–Crippen MR) is 52.1 cm³/mol. The SMILES string of the molecule is O=S(=O)(NS(=O)(=O)C(F)(F)F)C(F)(F)F.On1cc[n+](O)c1. The molecule has 1 aromatic rings. The number of hydrogen-bond acceptors (Lipinski definition) is 6. The summed E-state index contributed by atoms with van der Waals surface area (Å²) in [6, 6.07) is 0. The van der Waals surface area contributed by atoms with Crippen LogP contribution in [0.5, 0.6) is 0 Å². The molecule has 0 aliphatic heterocycles. The molecule has 9 nitrogen and oxygen atoms in total. The Morgan fingerprint density at radius 1 is 0.955 bits per heavy atom. The van der Waals surface area contributed by atoms with Gasteiger partial charge in [-0.15, -0.1) is 0 Å². The van der Waals surface area contributed by atoms with Crippen molar-refractivity contribution in [3.05, 3.63) is 18.7 Å². The number of sulfonamides is 2. The van der Waals surface area contributed by atoms with Crippen LogP contribution in [0.1, 0.15) is 0 Å². The van der Waals surface area contributed by atoms with E-state index in [4.69, 9.17) is 10.4 Å². The highest BCUT2D eigenvalue weighted by atomic mass is 32.3. The van der Waals surface area contributed by atoms with Gasteiger partial charge >= 0.3 is 37.4 Å². The quantitative estimate of drug-likeness (QED) is 0.360. The highest BCUT2D eigenvalue weighted by molar-refractivity contribution is 8.05. The molecule has 1 heterocycles. The average Bonchev–Trinajstić information content (AvgIpc) is 2.58. The number of hydrogen-bond donors (Lipinski definition) is 3. The van der Waals surface area contributed by atoms with E-state index in [1.54, 1.807) is 0 Å². The van der Waals surface area contributed by atoms with Crippen LogP contribution in [0, 0.1) is 0 Å². The van der Waals surface area contributed by atoms with E-state index in [0.29, 0.717) is 0 Å². The maximum Gasteiger partial charge on any atom is 0.512 e. The largest absolute Gasteiger partial charge is 0.512 e. The van der Waals surface area contributed by atoms with Crippen molar-refractivity contribution < 1.29 is 58.3 Å². The summed E-state index contributed by atoms with van der Waals surface area (Å²) in [4.78, 5) is 0. The fourth-order valence-corrected chi connectivity index (χ4v) is 2.49. The molecule has 0 aliphatic carbocycles. The van der Waals surface area contributed by atoms with E-state index < -0.39 is 35.2 Å². The van der Waals surface area contributed by atoms with Crippen molar-refractivity contribution in [2.24, 2.45) is 0 Å². The lowest BCUT2D eigenvalue weighted by Gasteiger charge is -2.11. The molecule has 130 valence electrons. The Kier molecular flexibility index (Phi) is 5.67. The first-order valence-electron chi connectivity index (χ1n) is 4.38. The van der Waals surface area contributed by atoms with Crippen molar-refractivity contribution in [1.82, 2.24) is 8.86 Å². The Morgan fingerprint density at radius 3 is 1.45 bits per heavy atom. The van der Waals surface area contributed by atoms with E-state index in [9.17, 15) is 43.2 Å². The van der Waals surface area contributed by atoms with Crippen molar-refractivity contribution in [3.8, 4) is 0 Å². The van der Waals surface area contributed by atoms with Gasteiger partial charge in [0.15, 0.2) is 12.4 Å². The molecule has 0 amide bonds. The van der Waals surface area contributed by atoms with Crippen molar-refractivity contribution in [2.45, 2.75) is 11.0 Å². The number of halogens is 6. The highest BCUT2D eigenvalue weighted by Crippen LogP contribution is 2.27. The summed E-state index contributed by atoms with van der Waals surface area (Å²) < 4.78 is 110. The van der Waals surface area contributed by atoms with Gasteiger partial charge in [-0.3, -0.25) is 0 Å². The molecule has 17 heteroatoms. The van der Waals surface area contributed by atoms with E-state index in [1.807, 2.05) is 0 Å². The number of imidazole rings is 1. The highest BCUT2D eigenvalue weighted by Gasteiger charge is 2.55. The molecule has 0 unspecified atom stereocenters. The first-order valence-corrected chi connectivity index (χ1v) is 7.35. The standard InChI is InChI=1S/C3H5N2O2.C2HF6NO4S2/c6-4-1-2-5(7)3-4;3-1(4,5)14(10,11)9-15(12,13)2(6,7)8/h1-3,6-7H;9H/q+1;. The second-order valence-electron chi connectivity index (χ2n) is 3.16. The summed E-state index contributed by atoms with van der Waals surface area (Å²) in [5.74, 6) is 0. The molecular formula is C5H6F6N3O6S2+. The van der Waals surface area contributed by atoms with E-state index in [2.05, 4.69) is 0 Å². The Morgan fingerprint density at radius 2 is 1.32 bits per heavy atom. The minimum Gasteiger partial charge on any atom is -0.350 e. The van der Waals surface area contributed by atoms with Crippen LogP contribution in [-0.2, 0) is 20.0 Å². The molecule has 0 radical (unpaired) electrons. The fourth-order valence-electron chi connectivity index (χ4n) is 0.574. The van der Waals surface area contributed by atoms with Crippen molar-refractivity contribution in [3.63, 3.8) is 0 Å². The van der Waals surface area contributed by atoms with Crippen LogP contribution in [0.15, 0.2) is 18.7 Å². The Labute approximate surface area is 118 Å². The summed E-state index contributed by atoms with van der Waals surface area (Å²) >= 11 is 0. The van der Waals surface area contributed by atoms with Crippen LogP contribution in [-0.4, -0.2) is 43.0 Å². The fraction of sp³-hybridized carbons (Fsp3) is 0.400. The second-order valence-corrected chi connectivity index (χ2v) is 6.76. The van der Waals surface area contributed by atoms with Gasteiger partial charge in [0.05, 0.1) is 0 Å². The molecule has 3 N–H and O–H groups in total. The number of nitrogens with zero attached hydrogens (tertiary/aromatic N) is 2. The molecule has 22 heavy (non-hydrogen) atoms. The van der Waals surface area contributed by atoms with Gasteiger partial charge in [-0.25, -0.2) is 16.8 Å². The van der Waals surface area contributed by atoms with Crippen LogP contribution in [0.3, 0.4) is 0 Å². The number of nitrogens with one attached hydrogen (secondary N) is 1. The molecule has 0 aliphatic rings. The molecule has 0 saturated carbocycles.